The molecule has 5 nitrogen and oxygen atoms in total. The highest BCUT2D eigenvalue weighted by atomic mass is 19.2. The molecule has 0 aliphatic rings. The van der Waals surface area contributed by atoms with E-state index in [9.17, 15) is 18.0 Å². The molecule has 0 spiro atoms. The molecule has 1 aromatic carbocycles. The average molecular weight is 271 g/mol. The molecule has 0 amide bonds. The lowest BCUT2D eigenvalue weighted by Gasteiger charge is -2.02. The molecular weight excluding hydrogens is 263 g/mol. The first kappa shape index (κ1) is 13.1. The summed E-state index contributed by atoms with van der Waals surface area (Å²) in [5, 5.41) is 15.6. The number of aliphatic carboxylic acids is 1. The fraction of sp³-hybridized carbons (Fsp3) is 0.182. The Morgan fingerprint density at radius 2 is 2.05 bits per heavy atom. The minimum Gasteiger partial charge on any atom is -0.481 e. The number of benzene rings is 1. The molecule has 1 aromatic heterocycles. The van der Waals surface area contributed by atoms with E-state index in [2.05, 4.69) is 10.3 Å². The zero-order valence-electron chi connectivity index (χ0n) is 9.48. The normalized spacial score (nSPS) is 10.7. The van der Waals surface area contributed by atoms with Gasteiger partial charge in [0.1, 0.15) is 11.5 Å². The summed E-state index contributed by atoms with van der Waals surface area (Å²) < 4.78 is 40.4. The highest BCUT2D eigenvalue weighted by Gasteiger charge is 2.14. The first-order valence-corrected chi connectivity index (χ1v) is 5.25. The summed E-state index contributed by atoms with van der Waals surface area (Å²) in [6.07, 6.45) is 1.15. The lowest BCUT2D eigenvalue weighted by molar-refractivity contribution is -0.136. The predicted molar refractivity (Wildman–Crippen MR) is 57.2 cm³/mol. The van der Waals surface area contributed by atoms with Crippen molar-refractivity contribution >= 4 is 5.97 Å². The molecule has 0 saturated carbocycles. The first-order valence-electron chi connectivity index (χ1n) is 5.25. The molecular formula is C11H8F3N3O2. The number of rotatable bonds is 4. The Balaban J connectivity index is 2.30. The average Bonchev–Trinajstić information content (AvgIpc) is 2.79. The number of nitrogens with zero attached hydrogens (tertiary/aromatic N) is 3. The zero-order chi connectivity index (χ0) is 14.0. The lowest BCUT2D eigenvalue weighted by atomic mass is 10.2. The van der Waals surface area contributed by atoms with Crippen LogP contribution in [0.15, 0.2) is 18.3 Å². The van der Waals surface area contributed by atoms with Gasteiger partial charge in [0.2, 0.25) is 0 Å². The molecule has 0 radical (unpaired) electrons. The first-order chi connectivity index (χ1) is 8.97. The van der Waals surface area contributed by atoms with Gasteiger partial charge in [-0.3, -0.25) is 4.79 Å². The van der Waals surface area contributed by atoms with Gasteiger partial charge in [0.15, 0.2) is 11.6 Å². The third-order valence-corrected chi connectivity index (χ3v) is 2.36. The van der Waals surface area contributed by atoms with Crippen LogP contribution < -0.4 is 0 Å². The Labute approximate surface area is 105 Å². The van der Waals surface area contributed by atoms with E-state index in [1.165, 1.54) is 6.20 Å². The van der Waals surface area contributed by atoms with Crippen molar-refractivity contribution in [2.45, 2.75) is 12.8 Å². The summed E-state index contributed by atoms with van der Waals surface area (Å²) in [5.41, 5.74) is -0.141. The molecule has 100 valence electrons. The Morgan fingerprint density at radius 3 is 2.74 bits per heavy atom. The Hall–Kier alpha value is -2.38. The minimum atomic E-state index is -1.34. The van der Waals surface area contributed by atoms with Crippen molar-refractivity contribution in [1.82, 2.24) is 15.0 Å². The van der Waals surface area contributed by atoms with Crippen molar-refractivity contribution in [1.29, 1.82) is 0 Å². The van der Waals surface area contributed by atoms with E-state index in [1.807, 2.05) is 0 Å². The molecule has 1 heterocycles. The van der Waals surface area contributed by atoms with Crippen LogP contribution in [0.25, 0.3) is 5.69 Å². The fourth-order valence-electron chi connectivity index (χ4n) is 1.47. The summed E-state index contributed by atoms with van der Waals surface area (Å²) in [6.45, 7) is 0. The van der Waals surface area contributed by atoms with Crippen LogP contribution in [0.2, 0.25) is 0 Å². The maximum absolute atomic E-state index is 13.5. The molecule has 0 aliphatic carbocycles. The zero-order valence-corrected chi connectivity index (χ0v) is 9.48. The highest BCUT2D eigenvalue weighted by Crippen LogP contribution is 2.18. The van der Waals surface area contributed by atoms with Crippen LogP contribution in [0, 0.1) is 17.5 Å². The van der Waals surface area contributed by atoms with Gasteiger partial charge in [-0.05, 0) is 0 Å². The Morgan fingerprint density at radius 1 is 1.32 bits per heavy atom. The van der Waals surface area contributed by atoms with Crippen LogP contribution in [0.4, 0.5) is 13.2 Å². The van der Waals surface area contributed by atoms with Gasteiger partial charge in [0, 0.05) is 18.6 Å². The molecule has 0 bridgehead atoms. The van der Waals surface area contributed by atoms with Crippen LogP contribution in [0.1, 0.15) is 12.1 Å². The summed E-state index contributed by atoms with van der Waals surface area (Å²) in [4.78, 5) is 10.4. The van der Waals surface area contributed by atoms with E-state index >= 15 is 0 Å². The molecule has 1 N–H and O–H groups in total. The van der Waals surface area contributed by atoms with Crippen LogP contribution in [-0.4, -0.2) is 26.1 Å². The number of aryl methyl sites for hydroxylation is 1. The van der Waals surface area contributed by atoms with Crippen molar-refractivity contribution in [3.63, 3.8) is 0 Å². The van der Waals surface area contributed by atoms with Crippen LogP contribution in [-0.2, 0) is 11.2 Å². The number of halogens is 3. The van der Waals surface area contributed by atoms with Crippen molar-refractivity contribution < 1.29 is 23.1 Å². The van der Waals surface area contributed by atoms with Gasteiger partial charge < -0.3 is 5.11 Å². The topological polar surface area (TPSA) is 68.0 Å². The van der Waals surface area contributed by atoms with Crippen LogP contribution >= 0.6 is 0 Å². The summed E-state index contributed by atoms with van der Waals surface area (Å²) in [7, 11) is 0. The molecule has 8 heteroatoms. The monoisotopic (exact) mass is 271 g/mol. The molecule has 0 unspecified atom stereocenters. The van der Waals surface area contributed by atoms with Crippen molar-refractivity contribution in [2.24, 2.45) is 0 Å². The van der Waals surface area contributed by atoms with Gasteiger partial charge in [0.05, 0.1) is 18.3 Å². The summed E-state index contributed by atoms with van der Waals surface area (Å²) in [5.74, 6) is -4.55. The molecule has 0 atom stereocenters. The maximum Gasteiger partial charge on any atom is 0.303 e. The predicted octanol–water partition coefficient (Wildman–Crippen LogP) is 1.70. The van der Waals surface area contributed by atoms with Gasteiger partial charge in [-0.15, -0.1) is 5.10 Å². The third kappa shape index (κ3) is 2.90. The number of hydrogen-bond acceptors (Lipinski definition) is 3. The number of carbonyl (C=O) groups is 1. The van der Waals surface area contributed by atoms with E-state index in [0.29, 0.717) is 6.07 Å². The summed E-state index contributed by atoms with van der Waals surface area (Å²) in [6, 6.07) is 1.19. The second-order valence-corrected chi connectivity index (χ2v) is 3.77. The molecule has 2 aromatic rings. The molecule has 0 saturated heterocycles. The summed E-state index contributed by atoms with van der Waals surface area (Å²) >= 11 is 0. The van der Waals surface area contributed by atoms with Gasteiger partial charge in [-0.25, -0.2) is 17.9 Å². The van der Waals surface area contributed by atoms with Gasteiger partial charge in [-0.1, -0.05) is 5.21 Å². The number of aromatic nitrogens is 3. The van der Waals surface area contributed by atoms with E-state index in [-0.39, 0.29) is 18.5 Å². The highest BCUT2D eigenvalue weighted by molar-refractivity contribution is 5.66. The minimum absolute atomic E-state index is 0.0920. The van der Waals surface area contributed by atoms with Gasteiger partial charge >= 0.3 is 5.97 Å². The van der Waals surface area contributed by atoms with Crippen LogP contribution in [0.3, 0.4) is 0 Å². The van der Waals surface area contributed by atoms with E-state index in [1.54, 1.807) is 0 Å². The SMILES string of the molecule is O=C(O)CCc1cn(-c2cc(F)cc(F)c2F)nn1. The standard InChI is InChI=1S/C11H8F3N3O2/c12-6-3-8(13)11(14)9(4-6)17-5-7(15-16-17)1-2-10(18)19/h3-5H,1-2H2,(H,18,19). The smallest absolute Gasteiger partial charge is 0.303 e. The largest absolute Gasteiger partial charge is 0.481 e. The van der Waals surface area contributed by atoms with Crippen molar-refractivity contribution in [3.8, 4) is 5.69 Å². The number of hydrogen-bond donors (Lipinski definition) is 1. The molecule has 19 heavy (non-hydrogen) atoms. The quantitative estimate of drug-likeness (QED) is 0.859. The third-order valence-electron chi connectivity index (χ3n) is 2.36. The van der Waals surface area contributed by atoms with Crippen LogP contribution in [0.5, 0.6) is 0 Å². The Bertz CT molecular complexity index is 628. The maximum atomic E-state index is 13.5. The van der Waals surface area contributed by atoms with Gasteiger partial charge in [0.25, 0.3) is 0 Å². The molecule has 0 fully saturated rings. The molecule has 0 aliphatic heterocycles. The molecule has 2 rings (SSSR count). The lowest BCUT2D eigenvalue weighted by Crippen LogP contribution is -2.02. The number of carboxylic acid groups (broad SMARTS) is 1. The second-order valence-electron chi connectivity index (χ2n) is 3.77. The van der Waals surface area contributed by atoms with Gasteiger partial charge in [-0.2, -0.15) is 0 Å². The van der Waals surface area contributed by atoms with E-state index in [4.69, 9.17) is 5.11 Å². The Kier molecular flexibility index (Phi) is 3.50. The fourth-order valence-corrected chi connectivity index (χ4v) is 1.47. The van der Waals surface area contributed by atoms with Crippen molar-refractivity contribution in [2.75, 3.05) is 0 Å². The van der Waals surface area contributed by atoms with E-state index < -0.39 is 29.1 Å². The van der Waals surface area contributed by atoms with E-state index in [0.717, 1.165) is 10.7 Å². The number of carboxylic acids is 1. The second kappa shape index (κ2) is 5.09. The van der Waals surface area contributed by atoms with Crippen molar-refractivity contribution in [3.05, 3.63) is 41.5 Å².